The standard InChI is InChI=1S/C25H23.C12H9Si.2ClH.Zr/c1-3-18(2)22-16-21-14-15-23(19-10-6-4-7-11-19)25(24(21)17-22)20-12-8-5-9-13-20;1-3-7-11-9(5-1)10-6-2-4-8-12(10)13-11;;;/h4-18H,3H2,1-2H3;1-7H,13H2;2*1H;/q;;;;+2/p-2. The number of benzene rings is 5. The quantitative estimate of drug-likeness (QED) is 0.157. The van der Waals surface area contributed by atoms with Crippen molar-refractivity contribution in [1.82, 2.24) is 0 Å². The molecule has 202 valence electrons. The predicted octanol–water partition coefficient (Wildman–Crippen LogP) is 8.39. The summed E-state index contributed by atoms with van der Waals surface area (Å²) < 4.78 is 1.37. The van der Waals surface area contributed by atoms with Crippen LogP contribution in [0.15, 0.2) is 121 Å². The molecule has 41 heavy (non-hydrogen) atoms. The summed E-state index contributed by atoms with van der Waals surface area (Å²) in [5.41, 5.74) is 11.8. The molecule has 0 fully saturated rings. The van der Waals surface area contributed by atoms with Crippen LogP contribution in [0, 0.1) is 5.92 Å². The maximum absolute atomic E-state index is 7.93. The van der Waals surface area contributed by atoms with Crippen molar-refractivity contribution >= 4 is 46.3 Å². The molecule has 2 unspecified atom stereocenters. The number of hydrogen-bond acceptors (Lipinski definition) is 0. The molecule has 0 saturated heterocycles. The molecule has 2 atom stereocenters. The van der Waals surface area contributed by atoms with Gasteiger partial charge in [0.1, 0.15) is 0 Å². The van der Waals surface area contributed by atoms with Gasteiger partial charge in [0.15, 0.2) is 0 Å². The van der Waals surface area contributed by atoms with E-state index in [1.165, 1.54) is 63.7 Å². The zero-order chi connectivity index (χ0) is 28.1. The molecule has 0 saturated carbocycles. The van der Waals surface area contributed by atoms with Crippen LogP contribution in [-0.2, 0) is 17.9 Å². The van der Waals surface area contributed by atoms with Gasteiger partial charge in [-0.05, 0) is 0 Å². The van der Waals surface area contributed by atoms with Crippen LogP contribution in [0.5, 0.6) is 0 Å². The zero-order valence-corrected chi connectivity index (χ0v) is 28.8. The first kappa shape index (κ1) is 27.4. The molecular formula is C37H32Cl2SiZr. The van der Waals surface area contributed by atoms with Gasteiger partial charge in [0.2, 0.25) is 0 Å². The Morgan fingerprint density at radius 3 is 2.10 bits per heavy atom. The van der Waals surface area contributed by atoms with Crippen LogP contribution in [0.2, 0.25) is 0 Å². The molecule has 0 spiro atoms. The van der Waals surface area contributed by atoms with E-state index in [1.807, 2.05) is 0 Å². The number of rotatable bonds is 6. The topological polar surface area (TPSA) is 0 Å². The van der Waals surface area contributed by atoms with Crippen LogP contribution in [0.1, 0.15) is 35.0 Å². The summed E-state index contributed by atoms with van der Waals surface area (Å²) in [7, 11) is 15.2. The third-order valence-electron chi connectivity index (χ3n) is 9.14. The van der Waals surface area contributed by atoms with Crippen molar-refractivity contribution in [3.8, 4) is 33.4 Å². The second-order valence-electron chi connectivity index (χ2n) is 11.4. The van der Waals surface area contributed by atoms with E-state index in [0.29, 0.717) is 5.92 Å². The second kappa shape index (κ2) is 11.0. The summed E-state index contributed by atoms with van der Waals surface area (Å²) >= 11 is -4.04. The fourth-order valence-electron chi connectivity index (χ4n) is 6.94. The van der Waals surface area contributed by atoms with Gasteiger partial charge in [-0.3, -0.25) is 0 Å². The summed E-state index contributed by atoms with van der Waals surface area (Å²) in [6.45, 7) is 4.63. The molecule has 2 aliphatic rings. The van der Waals surface area contributed by atoms with Gasteiger partial charge < -0.3 is 0 Å². The third-order valence-corrected chi connectivity index (χ3v) is 23.4. The van der Waals surface area contributed by atoms with Gasteiger partial charge in [-0.15, -0.1) is 0 Å². The monoisotopic (exact) mass is 664 g/mol. The average molecular weight is 667 g/mol. The SMILES string of the molecule is CCC(C)C1=Cc2c(ccc(-c3ccccc3)c2-c2ccccc2)[CH]1[Zr]([Cl])([Cl])[c]1cccc2c1[SiH2]c1ccccc1-2. The fraction of sp³-hybridized carbons (Fsp3) is 0.135. The zero-order valence-electron chi connectivity index (χ0n) is 23.4. The Morgan fingerprint density at radius 2 is 1.37 bits per heavy atom. The van der Waals surface area contributed by atoms with Crippen LogP contribution in [-0.4, -0.2) is 9.52 Å². The van der Waals surface area contributed by atoms with Crippen molar-refractivity contribution in [2.75, 3.05) is 0 Å². The number of hydrogen-bond donors (Lipinski definition) is 0. The Kier molecular flexibility index (Phi) is 7.32. The van der Waals surface area contributed by atoms with Crippen LogP contribution >= 0.6 is 17.0 Å². The van der Waals surface area contributed by atoms with Crippen LogP contribution < -0.4 is 13.6 Å². The first-order valence-electron chi connectivity index (χ1n) is 14.6. The molecule has 1 heterocycles. The van der Waals surface area contributed by atoms with Gasteiger partial charge in [0, 0.05) is 0 Å². The second-order valence-corrected chi connectivity index (χ2v) is 27.2. The van der Waals surface area contributed by atoms with E-state index in [9.17, 15) is 0 Å². The molecule has 0 aromatic heterocycles. The summed E-state index contributed by atoms with van der Waals surface area (Å²) in [5.74, 6) is 0.399. The first-order chi connectivity index (χ1) is 20.0. The Labute approximate surface area is 257 Å². The van der Waals surface area contributed by atoms with E-state index in [1.54, 1.807) is 0 Å². The summed E-state index contributed by atoms with van der Waals surface area (Å²) in [6.07, 6.45) is 3.53. The Bertz CT molecular complexity index is 1790. The van der Waals surface area contributed by atoms with Gasteiger partial charge in [-0.25, -0.2) is 0 Å². The fourth-order valence-corrected chi connectivity index (χ4v) is 23.9. The normalized spacial score (nSPS) is 16.7. The van der Waals surface area contributed by atoms with E-state index in [2.05, 4.69) is 135 Å². The van der Waals surface area contributed by atoms with Gasteiger partial charge in [-0.1, -0.05) is 0 Å². The summed E-state index contributed by atoms with van der Waals surface area (Å²) in [5, 5.41) is 2.99. The van der Waals surface area contributed by atoms with Crippen molar-refractivity contribution in [2.45, 2.75) is 23.9 Å². The van der Waals surface area contributed by atoms with Crippen molar-refractivity contribution in [2.24, 2.45) is 5.92 Å². The molecule has 0 bridgehead atoms. The van der Waals surface area contributed by atoms with Gasteiger partial charge >= 0.3 is 259 Å². The van der Waals surface area contributed by atoms with Gasteiger partial charge in [0.25, 0.3) is 0 Å². The van der Waals surface area contributed by atoms with E-state index in [4.69, 9.17) is 17.0 Å². The van der Waals surface area contributed by atoms with E-state index in [-0.39, 0.29) is 3.63 Å². The van der Waals surface area contributed by atoms with Gasteiger partial charge in [-0.2, -0.15) is 0 Å². The Balaban J connectivity index is 1.45. The minimum absolute atomic E-state index is 0.0779. The van der Waals surface area contributed by atoms with Crippen molar-refractivity contribution < 1.29 is 17.9 Å². The van der Waals surface area contributed by atoms with Crippen molar-refractivity contribution in [3.05, 3.63) is 132 Å². The van der Waals surface area contributed by atoms with E-state index < -0.39 is 27.4 Å². The molecule has 5 aromatic rings. The van der Waals surface area contributed by atoms with Crippen LogP contribution in [0.3, 0.4) is 0 Å². The van der Waals surface area contributed by atoms with Crippen molar-refractivity contribution in [3.63, 3.8) is 0 Å². The Hall–Kier alpha value is -2.48. The summed E-state index contributed by atoms with van der Waals surface area (Å²) in [4.78, 5) is 0. The molecule has 1 aliphatic heterocycles. The number of halogens is 2. The molecule has 0 nitrogen and oxygen atoms in total. The predicted molar refractivity (Wildman–Crippen MR) is 179 cm³/mol. The molecule has 1 aliphatic carbocycles. The molecule has 0 radical (unpaired) electrons. The minimum atomic E-state index is -4.04. The summed E-state index contributed by atoms with van der Waals surface area (Å²) in [6, 6.07) is 41.9. The van der Waals surface area contributed by atoms with Crippen LogP contribution in [0.4, 0.5) is 0 Å². The number of allylic oxidation sites excluding steroid dienone is 1. The Morgan fingerprint density at radius 1 is 0.707 bits per heavy atom. The molecule has 7 rings (SSSR count). The van der Waals surface area contributed by atoms with Gasteiger partial charge in [0.05, 0.1) is 0 Å². The maximum atomic E-state index is 7.93. The first-order valence-corrected chi connectivity index (χ1v) is 25.0. The molecule has 5 aromatic carbocycles. The molecule has 0 N–H and O–H groups in total. The number of fused-ring (bicyclic) bond motifs is 4. The van der Waals surface area contributed by atoms with E-state index in [0.717, 1.165) is 6.42 Å². The van der Waals surface area contributed by atoms with Crippen molar-refractivity contribution in [1.29, 1.82) is 0 Å². The molecular weight excluding hydrogens is 635 g/mol. The van der Waals surface area contributed by atoms with E-state index >= 15 is 0 Å². The third kappa shape index (κ3) is 4.59. The average Bonchev–Trinajstić information content (AvgIpc) is 3.60. The van der Waals surface area contributed by atoms with Crippen LogP contribution in [0.25, 0.3) is 39.5 Å². The molecule has 0 amide bonds. The molecule has 4 heteroatoms.